The first kappa shape index (κ1) is 10.8. The summed E-state index contributed by atoms with van der Waals surface area (Å²) in [6, 6.07) is 2.27. The van der Waals surface area contributed by atoms with Crippen LogP contribution in [-0.4, -0.2) is 30.6 Å². The minimum atomic E-state index is 0.344. The molecule has 2 aromatic heterocycles. The summed E-state index contributed by atoms with van der Waals surface area (Å²) >= 11 is 0. The fraction of sp³-hybridized carbons (Fsp3) is 0.500. The van der Waals surface area contributed by atoms with Gasteiger partial charge in [0.25, 0.3) is 0 Å². The summed E-state index contributed by atoms with van der Waals surface area (Å²) < 4.78 is 3.82. The lowest BCUT2D eigenvalue weighted by Gasteiger charge is -2.13. The monoisotopic (exact) mass is 220 g/mol. The highest BCUT2D eigenvalue weighted by Crippen LogP contribution is 1.94. The van der Waals surface area contributed by atoms with Crippen LogP contribution in [0.5, 0.6) is 0 Å². The molecule has 6 nitrogen and oxygen atoms in total. The van der Waals surface area contributed by atoms with Crippen LogP contribution in [0, 0.1) is 0 Å². The molecule has 0 saturated carbocycles. The molecule has 1 N–H and O–H groups in total. The van der Waals surface area contributed by atoms with Crippen molar-refractivity contribution in [1.82, 2.24) is 29.9 Å². The Hall–Kier alpha value is -1.69. The van der Waals surface area contributed by atoms with Crippen LogP contribution >= 0.6 is 0 Å². The van der Waals surface area contributed by atoms with E-state index in [-0.39, 0.29) is 0 Å². The Morgan fingerprint density at radius 1 is 1.50 bits per heavy atom. The molecule has 0 aliphatic carbocycles. The highest BCUT2D eigenvalue weighted by Gasteiger charge is 2.05. The SMILES string of the molecule is CC(Cn1cccn1)NCc1nncn1C. The van der Waals surface area contributed by atoms with Crippen LogP contribution < -0.4 is 5.32 Å². The van der Waals surface area contributed by atoms with E-state index in [1.54, 1.807) is 12.5 Å². The third kappa shape index (κ3) is 2.66. The lowest BCUT2D eigenvalue weighted by Crippen LogP contribution is -2.31. The molecule has 2 rings (SSSR count). The van der Waals surface area contributed by atoms with E-state index in [2.05, 4.69) is 27.5 Å². The number of aromatic nitrogens is 5. The maximum atomic E-state index is 4.16. The maximum Gasteiger partial charge on any atom is 0.146 e. The molecule has 0 spiro atoms. The van der Waals surface area contributed by atoms with Crippen molar-refractivity contribution in [3.63, 3.8) is 0 Å². The summed E-state index contributed by atoms with van der Waals surface area (Å²) in [6.45, 7) is 3.70. The van der Waals surface area contributed by atoms with Gasteiger partial charge in [0.15, 0.2) is 0 Å². The van der Waals surface area contributed by atoms with E-state index in [0.29, 0.717) is 6.04 Å². The minimum Gasteiger partial charge on any atom is -0.320 e. The van der Waals surface area contributed by atoms with Crippen molar-refractivity contribution in [2.75, 3.05) is 0 Å². The second-order valence-corrected chi connectivity index (χ2v) is 3.87. The average Bonchev–Trinajstić information content (AvgIpc) is 2.87. The summed E-state index contributed by atoms with van der Waals surface area (Å²) in [5.41, 5.74) is 0. The first-order valence-electron chi connectivity index (χ1n) is 5.29. The third-order valence-corrected chi connectivity index (χ3v) is 2.43. The molecule has 6 heteroatoms. The molecule has 2 heterocycles. The fourth-order valence-electron chi connectivity index (χ4n) is 1.49. The maximum absolute atomic E-state index is 4.16. The lowest BCUT2D eigenvalue weighted by atomic mass is 10.3. The molecular formula is C10H16N6. The van der Waals surface area contributed by atoms with Gasteiger partial charge in [-0.3, -0.25) is 4.68 Å². The van der Waals surface area contributed by atoms with E-state index >= 15 is 0 Å². The second kappa shape index (κ2) is 4.89. The van der Waals surface area contributed by atoms with Crippen molar-refractivity contribution in [3.8, 4) is 0 Å². The van der Waals surface area contributed by atoms with Gasteiger partial charge in [-0.2, -0.15) is 5.10 Å². The molecule has 0 aliphatic rings. The number of nitrogens with zero attached hydrogens (tertiary/aromatic N) is 5. The predicted molar refractivity (Wildman–Crippen MR) is 59.5 cm³/mol. The third-order valence-electron chi connectivity index (χ3n) is 2.43. The van der Waals surface area contributed by atoms with E-state index in [1.807, 2.05) is 28.6 Å². The van der Waals surface area contributed by atoms with Crippen molar-refractivity contribution in [1.29, 1.82) is 0 Å². The molecule has 0 radical (unpaired) electrons. The van der Waals surface area contributed by atoms with Gasteiger partial charge in [-0.1, -0.05) is 0 Å². The number of hydrogen-bond donors (Lipinski definition) is 1. The first-order valence-corrected chi connectivity index (χ1v) is 5.29. The van der Waals surface area contributed by atoms with Crippen molar-refractivity contribution in [2.45, 2.75) is 26.1 Å². The molecule has 1 unspecified atom stereocenters. The number of rotatable bonds is 5. The van der Waals surface area contributed by atoms with E-state index in [1.165, 1.54) is 0 Å². The topological polar surface area (TPSA) is 60.6 Å². The summed E-state index contributed by atoms with van der Waals surface area (Å²) in [6.07, 6.45) is 5.45. The van der Waals surface area contributed by atoms with E-state index in [9.17, 15) is 0 Å². The van der Waals surface area contributed by atoms with Gasteiger partial charge in [-0.15, -0.1) is 10.2 Å². The van der Waals surface area contributed by atoms with Crippen molar-refractivity contribution in [2.24, 2.45) is 7.05 Å². The Morgan fingerprint density at radius 3 is 3.00 bits per heavy atom. The highest BCUT2D eigenvalue weighted by molar-refractivity contribution is 4.84. The molecule has 0 amide bonds. The summed E-state index contributed by atoms with van der Waals surface area (Å²) in [5, 5.41) is 15.4. The van der Waals surface area contributed by atoms with Crippen molar-refractivity contribution in [3.05, 3.63) is 30.6 Å². The van der Waals surface area contributed by atoms with Gasteiger partial charge in [-0.05, 0) is 13.0 Å². The number of hydrogen-bond acceptors (Lipinski definition) is 4. The highest BCUT2D eigenvalue weighted by atomic mass is 15.3. The Labute approximate surface area is 94.3 Å². The van der Waals surface area contributed by atoms with E-state index in [0.717, 1.165) is 18.9 Å². The molecule has 1 atom stereocenters. The molecule has 0 aliphatic heterocycles. The van der Waals surface area contributed by atoms with Crippen LogP contribution in [0.3, 0.4) is 0 Å². The minimum absolute atomic E-state index is 0.344. The molecule has 0 bridgehead atoms. The normalized spacial score (nSPS) is 12.9. The molecule has 86 valence electrons. The Balaban J connectivity index is 1.80. The van der Waals surface area contributed by atoms with Crippen LogP contribution in [0.2, 0.25) is 0 Å². The summed E-state index contributed by atoms with van der Waals surface area (Å²) in [7, 11) is 1.94. The first-order chi connectivity index (χ1) is 7.75. The zero-order valence-corrected chi connectivity index (χ0v) is 9.54. The van der Waals surface area contributed by atoms with Crippen LogP contribution in [0.1, 0.15) is 12.7 Å². The Kier molecular flexibility index (Phi) is 3.31. The Bertz CT molecular complexity index is 418. The van der Waals surface area contributed by atoms with Gasteiger partial charge in [0.1, 0.15) is 12.2 Å². The zero-order chi connectivity index (χ0) is 11.4. The largest absolute Gasteiger partial charge is 0.320 e. The molecule has 0 aromatic carbocycles. The van der Waals surface area contributed by atoms with Gasteiger partial charge in [0, 0.05) is 25.5 Å². The van der Waals surface area contributed by atoms with Gasteiger partial charge in [0.05, 0.1) is 13.1 Å². The Morgan fingerprint density at radius 2 is 2.38 bits per heavy atom. The van der Waals surface area contributed by atoms with Gasteiger partial charge in [0.2, 0.25) is 0 Å². The molecule has 0 saturated heterocycles. The van der Waals surface area contributed by atoms with Crippen LogP contribution in [-0.2, 0) is 20.1 Å². The molecular weight excluding hydrogens is 204 g/mol. The number of nitrogens with one attached hydrogen (secondary N) is 1. The average molecular weight is 220 g/mol. The zero-order valence-electron chi connectivity index (χ0n) is 9.54. The van der Waals surface area contributed by atoms with Crippen molar-refractivity contribution >= 4 is 0 Å². The van der Waals surface area contributed by atoms with Crippen LogP contribution in [0.25, 0.3) is 0 Å². The van der Waals surface area contributed by atoms with Gasteiger partial charge in [-0.25, -0.2) is 0 Å². The smallest absolute Gasteiger partial charge is 0.146 e. The van der Waals surface area contributed by atoms with E-state index < -0.39 is 0 Å². The van der Waals surface area contributed by atoms with Crippen LogP contribution in [0.4, 0.5) is 0 Å². The van der Waals surface area contributed by atoms with E-state index in [4.69, 9.17) is 0 Å². The standard InChI is InChI=1S/C10H16N6/c1-9(7-16-5-3-4-13-16)11-6-10-14-12-8-15(10)2/h3-5,8-9,11H,6-7H2,1-2H3. The molecule has 0 fully saturated rings. The predicted octanol–water partition coefficient (Wildman–Crippen LogP) is 0.190. The summed E-state index contributed by atoms with van der Waals surface area (Å²) in [5.74, 6) is 0.937. The number of aryl methyl sites for hydroxylation is 1. The second-order valence-electron chi connectivity index (χ2n) is 3.87. The lowest BCUT2D eigenvalue weighted by molar-refractivity contribution is 0.442. The molecule has 2 aromatic rings. The van der Waals surface area contributed by atoms with Crippen LogP contribution in [0.15, 0.2) is 24.8 Å². The van der Waals surface area contributed by atoms with Gasteiger partial charge < -0.3 is 9.88 Å². The van der Waals surface area contributed by atoms with Gasteiger partial charge >= 0.3 is 0 Å². The van der Waals surface area contributed by atoms with Crippen molar-refractivity contribution < 1.29 is 0 Å². The molecule has 16 heavy (non-hydrogen) atoms. The summed E-state index contributed by atoms with van der Waals surface area (Å²) in [4.78, 5) is 0. The fourth-order valence-corrected chi connectivity index (χ4v) is 1.49. The quantitative estimate of drug-likeness (QED) is 0.781.